The van der Waals surface area contributed by atoms with Crippen LogP contribution in [0.4, 0.5) is 13.2 Å². The first-order chi connectivity index (χ1) is 13.6. The molecule has 0 saturated heterocycles. The fourth-order valence-electron chi connectivity index (χ4n) is 3.44. The summed E-state index contributed by atoms with van der Waals surface area (Å²) >= 11 is 5.95. The van der Waals surface area contributed by atoms with Gasteiger partial charge in [0.05, 0.1) is 0 Å². The number of hydrogen-bond acceptors (Lipinski definition) is 1. The van der Waals surface area contributed by atoms with E-state index in [1.165, 1.54) is 25.9 Å². The molecule has 1 aromatic heterocycles. The first-order valence-electron chi connectivity index (χ1n) is 8.93. The number of halogens is 4. The van der Waals surface area contributed by atoms with Crippen LogP contribution in [0, 0.1) is 6.92 Å². The van der Waals surface area contributed by atoms with Crippen LogP contribution in [0.2, 0.25) is 5.02 Å². The van der Waals surface area contributed by atoms with Crippen molar-refractivity contribution in [3.63, 3.8) is 0 Å². The second-order valence-corrected chi connectivity index (χ2v) is 7.41. The van der Waals surface area contributed by atoms with Gasteiger partial charge in [-0.3, -0.25) is 4.79 Å². The van der Waals surface area contributed by atoms with E-state index in [0.717, 1.165) is 4.57 Å². The van der Waals surface area contributed by atoms with Crippen LogP contribution in [0.15, 0.2) is 54.6 Å². The van der Waals surface area contributed by atoms with Crippen molar-refractivity contribution in [3.05, 3.63) is 82.1 Å². The van der Waals surface area contributed by atoms with Gasteiger partial charge in [-0.25, -0.2) is 0 Å². The molecular weight excluding hydrogens is 401 g/mol. The molecule has 7 heteroatoms. The average molecular weight is 421 g/mol. The van der Waals surface area contributed by atoms with Crippen molar-refractivity contribution < 1.29 is 18.0 Å². The molecule has 0 aliphatic rings. The van der Waals surface area contributed by atoms with Crippen molar-refractivity contribution in [2.75, 3.05) is 14.1 Å². The molecule has 3 aromatic rings. The molecule has 1 heterocycles. The third-order valence-corrected chi connectivity index (χ3v) is 4.95. The molecule has 29 heavy (non-hydrogen) atoms. The minimum absolute atomic E-state index is 0.00556. The highest BCUT2D eigenvalue weighted by Gasteiger charge is 2.41. The molecule has 0 aliphatic heterocycles. The summed E-state index contributed by atoms with van der Waals surface area (Å²) in [4.78, 5) is 14.3. The molecule has 0 atom stereocenters. The second kappa shape index (κ2) is 7.95. The van der Waals surface area contributed by atoms with Crippen molar-refractivity contribution in [2.24, 2.45) is 0 Å². The molecule has 0 fully saturated rings. The van der Waals surface area contributed by atoms with E-state index in [1.54, 1.807) is 54.6 Å². The fraction of sp³-hybridized carbons (Fsp3) is 0.227. The summed E-state index contributed by atoms with van der Waals surface area (Å²) in [6, 6.07) is 15.2. The Morgan fingerprint density at radius 3 is 2.14 bits per heavy atom. The molecule has 0 radical (unpaired) electrons. The maximum Gasteiger partial charge on any atom is 0.431 e. The molecule has 0 aliphatic carbocycles. The highest BCUT2D eigenvalue weighted by atomic mass is 35.5. The zero-order chi connectivity index (χ0) is 21.3. The van der Waals surface area contributed by atoms with Crippen LogP contribution in [0.3, 0.4) is 0 Å². The van der Waals surface area contributed by atoms with Crippen molar-refractivity contribution in [1.29, 1.82) is 0 Å². The number of rotatable bonds is 4. The number of carbonyl (C=O) groups is 1. The molecule has 2 aromatic carbocycles. The van der Waals surface area contributed by atoms with Gasteiger partial charge in [-0.1, -0.05) is 54.1 Å². The first kappa shape index (κ1) is 21.0. The molecule has 0 unspecified atom stereocenters. The van der Waals surface area contributed by atoms with Gasteiger partial charge in [0.25, 0.3) is 5.91 Å². The quantitative estimate of drug-likeness (QED) is 0.517. The predicted octanol–water partition coefficient (Wildman–Crippen LogP) is 5.89. The average Bonchev–Trinajstić information content (AvgIpc) is 2.94. The van der Waals surface area contributed by atoms with Crippen LogP contribution in [-0.2, 0) is 12.7 Å². The maximum absolute atomic E-state index is 14.1. The number of nitrogens with zero attached hydrogens (tertiary/aromatic N) is 2. The Morgan fingerprint density at radius 1 is 1.03 bits per heavy atom. The lowest BCUT2D eigenvalue weighted by Gasteiger charge is -2.18. The number of benzene rings is 2. The lowest BCUT2D eigenvalue weighted by Crippen LogP contribution is -2.27. The van der Waals surface area contributed by atoms with Gasteiger partial charge in [-0.15, -0.1) is 0 Å². The van der Waals surface area contributed by atoms with Gasteiger partial charge in [0.1, 0.15) is 11.4 Å². The molecule has 0 spiro atoms. The summed E-state index contributed by atoms with van der Waals surface area (Å²) in [5, 5.41) is 0.464. The Kier molecular flexibility index (Phi) is 5.75. The Balaban J connectivity index is 2.36. The summed E-state index contributed by atoms with van der Waals surface area (Å²) < 4.78 is 43.3. The van der Waals surface area contributed by atoms with Gasteiger partial charge in [0, 0.05) is 31.2 Å². The Hall–Kier alpha value is -2.73. The summed E-state index contributed by atoms with van der Waals surface area (Å²) in [6.07, 6.45) is -4.62. The molecule has 3 rings (SSSR count). The van der Waals surface area contributed by atoms with E-state index in [9.17, 15) is 18.0 Å². The second-order valence-electron chi connectivity index (χ2n) is 6.97. The summed E-state index contributed by atoms with van der Waals surface area (Å²) in [5.74, 6) is -0.496. The molecule has 0 bridgehead atoms. The monoisotopic (exact) mass is 420 g/mol. The minimum atomic E-state index is -4.62. The van der Waals surface area contributed by atoms with Crippen molar-refractivity contribution in [3.8, 4) is 11.1 Å². The van der Waals surface area contributed by atoms with Crippen LogP contribution < -0.4 is 0 Å². The van der Waals surface area contributed by atoms with Crippen molar-refractivity contribution >= 4 is 17.5 Å². The van der Waals surface area contributed by atoms with Crippen molar-refractivity contribution in [2.45, 2.75) is 19.6 Å². The van der Waals surface area contributed by atoms with Crippen LogP contribution in [0.25, 0.3) is 11.1 Å². The van der Waals surface area contributed by atoms with Gasteiger partial charge >= 0.3 is 6.18 Å². The predicted molar refractivity (Wildman–Crippen MR) is 108 cm³/mol. The summed E-state index contributed by atoms with van der Waals surface area (Å²) in [7, 11) is 3.05. The zero-order valence-electron chi connectivity index (χ0n) is 16.2. The topological polar surface area (TPSA) is 25.2 Å². The van der Waals surface area contributed by atoms with Gasteiger partial charge in [0.15, 0.2) is 0 Å². The van der Waals surface area contributed by atoms with E-state index in [2.05, 4.69) is 0 Å². The molecule has 1 amide bonds. The minimum Gasteiger partial charge on any atom is -0.343 e. The third-order valence-electron chi connectivity index (χ3n) is 4.70. The van der Waals surface area contributed by atoms with Gasteiger partial charge < -0.3 is 9.47 Å². The Bertz CT molecular complexity index is 1020. The standard InChI is InChI=1S/C22H20ClF3N2O/c1-14-18(16-9-11-17(23)12-10-16)19(21(29)27(2)3)28(20(14)22(24,25)26)13-15-7-5-4-6-8-15/h4-12H,13H2,1-3H3. The third kappa shape index (κ3) is 4.17. The summed E-state index contributed by atoms with van der Waals surface area (Å²) in [6.45, 7) is 1.33. The molecular formula is C22H20ClF3N2O. The number of hydrogen-bond donors (Lipinski definition) is 0. The maximum atomic E-state index is 14.1. The SMILES string of the molecule is Cc1c(-c2ccc(Cl)cc2)c(C(=O)N(C)C)n(Cc2ccccc2)c1C(F)(F)F. The lowest BCUT2D eigenvalue weighted by molar-refractivity contribution is -0.143. The van der Waals surface area contributed by atoms with Crippen LogP contribution in [-0.4, -0.2) is 29.5 Å². The van der Waals surface area contributed by atoms with Crippen LogP contribution >= 0.6 is 11.6 Å². The van der Waals surface area contributed by atoms with Crippen LogP contribution in [0.5, 0.6) is 0 Å². The number of alkyl halides is 3. The largest absolute Gasteiger partial charge is 0.431 e. The number of carbonyl (C=O) groups excluding carboxylic acids is 1. The lowest BCUT2D eigenvalue weighted by atomic mass is 10.0. The Morgan fingerprint density at radius 2 is 1.62 bits per heavy atom. The van der Waals surface area contributed by atoms with Crippen molar-refractivity contribution in [1.82, 2.24) is 9.47 Å². The van der Waals surface area contributed by atoms with Gasteiger partial charge in [-0.2, -0.15) is 13.2 Å². The van der Waals surface area contributed by atoms with E-state index in [0.29, 0.717) is 16.1 Å². The normalized spacial score (nSPS) is 11.6. The summed E-state index contributed by atoms with van der Waals surface area (Å²) in [5.41, 5.74) is 0.643. The van der Waals surface area contributed by atoms with E-state index < -0.39 is 17.8 Å². The Labute approximate surface area is 172 Å². The molecule has 0 saturated carbocycles. The number of aromatic nitrogens is 1. The van der Waals surface area contributed by atoms with Crippen LogP contribution in [0.1, 0.15) is 27.3 Å². The van der Waals surface area contributed by atoms with Gasteiger partial charge in [-0.05, 0) is 35.7 Å². The fourth-order valence-corrected chi connectivity index (χ4v) is 3.56. The zero-order valence-corrected chi connectivity index (χ0v) is 17.0. The number of amides is 1. The molecule has 152 valence electrons. The highest BCUT2D eigenvalue weighted by Crippen LogP contribution is 2.41. The van der Waals surface area contributed by atoms with E-state index >= 15 is 0 Å². The molecule has 0 N–H and O–H groups in total. The molecule has 3 nitrogen and oxygen atoms in total. The smallest absolute Gasteiger partial charge is 0.343 e. The van der Waals surface area contributed by atoms with E-state index in [1.807, 2.05) is 0 Å². The van der Waals surface area contributed by atoms with E-state index in [4.69, 9.17) is 11.6 Å². The highest BCUT2D eigenvalue weighted by molar-refractivity contribution is 6.30. The van der Waals surface area contributed by atoms with E-state index in [-0.39, 0.29) is 23.4 Å². The van der Waals surface area contributed by atoms with Gasteiger partial charge in [0.2, 0.25) is 0 Å². The first-order valence-corrected chi connectivity index (χ1v) is 9.31.